The lowest BCUT2D eigenvalue weighted by molar-refractivity contribution is 0.0463. The van der Waals surface area contributed by atoms with Crippen molar-refractivity contribution >= 4 is 6.09 Å². The molecule has 1 atom stereocenters. The molecular weight excluding hydrogens is 518 g/mol. The van der Waals surface area contributed by atoms with Crippen molar-refractivity contribution in [1.29, 1.82) is 0 Å². The standard InChI is InChI=1S/C32H37N5O4/c1-20(2)31(6,24-11-8-21(9-12-24)23-16-25(40-7)19-33-17-23)26-13-10-22(18-34-26)27-35-28(41-36-27)32(14-15-32)37(29(38)39)30(3,4)5/h8-13,16-20H,14-15H2,1-7H3,(H,38,39). The molecular formula is C32H37N5O4. The number of nitrogens with zero attached hydrogens (tertiary/aromatic N) is 5. The molecule has 0 spiro atoms. The fraction of sp³-hybridized carbons (Fsp3) is 0.406. The Kier molecular flexibility index (Phi) is 7.09. The molecule has 0 aliphatic heterocycles. The Bertz CT molecular complexity index is 1540. The van der Waals surface area contributed by atoms with Crippen LogP contribution in [0.1, 0.15) is 71.5 Å². The molecule has 0 saturated heterocycles. The third-order valence-corrected chi connectivity index (χ3v) is 8.31. The molecule has 1 unspecified atom stereocenters. The molecule has 1 aliphatic carbocycles. The molecule has 214 valence electrons. The number of ether oxygens (including phenoxy) is 1. The van der Waals surface area contributed by atoms with Gasteiger partial charge in [0.25, 0.3) is 5.89 Å². The summed E-state index contributed by atoms with van der Waals surface area (Å²) < 4.78 is 11.0. The van der Waals surface area contributed by atoms with Crippen LogP contribution in [0.25, 0.3) is 22.5 Å². The van der Waals surface area contributed by atoms with E-state index in [1.807, 2.05) is 45.2 Å². The van der Waals surface area contributed by atoms with Crippen LogP contribution >= 0.6 is 0 Å². The first-order valence-corrected chi connectivity index (χ1v) is 13.8. The minimum Gasteiger partial charge on any atom is -0.495 e. The molecule has 1 amide bonds. The molecule has 4 aromatic rings. The van der Waals surface area contributed by atoms with Crippen LogP contribution in [-0.4, -0.2) is 48.9 Å². The third kappa shape index (κ3) is 5.05. The Hall–Kier alpha value is -4.27. The molecule has 3 heterocycles. The minimum absolute atomic E-state index is 0.260. The zero-order valence-corrected chi connectivity index (χ0v) is 24.7. The van der Waals surface area contributed by atoms with Crippen molar-refractivity contribution in [3.8, 4) is 28.3 Å². The Morgan fingerprint density at radius 3 is 2.22 bits per heavy atom. The number of hydrogen-bond acceptors (Lipinski definition) is 7. The van der Waals surface area contributed by atoms with E-state index in [-0.39, 0.29) is 11.3 Å². The molecule has 5 rings (SSSR count). The largest absolute Gasteiger partial charge is 0.495 e. The van der Waals surface area contributed by atoms with E-state index in [9.17, 15) is 9.90 Å². The normalized spacial score (nSPS) is 15.8. The van der Waals surface area contributed by atoms with E-state index in [1.54, 1.807) is 19.5 Å². The SMILES string of the molecule is COc1cncc(-c2ccc(C(C)(c3ccc(-c4noc(C5(N(C(=O)O)C(C)(C)C)CC5)n4)cn3)C(C)C)cc2)c1. The van der Waals surface area contributed by atoms with Gasteiger partial charge in [0.15, 0.2) is 0 Å². The quantitative estimate of drug-likeness (QED) is 0.249. The number of carboxylic acid groups (broad SMARTS) is 1. The summed E-state index contributed by atoms with van der Waals surface area (Å²) in [6.07, 6.45) is 5.58. The highest BCUT2D eigenvalue weighted by atomic mass is 16.5. The molecule has 1 N–H and O–H groups in total. The van der Waals surface area contributed by atoms with E-state index in [0.29, 0.717) is 30.1 Å². The van der Waals surface area contributed by atoms with E-state index < -0.39 is 17.2 Å². The van der Waals surface area contributed by atoms with Gasteiger partial charge in [0.05, 0.1) is 19.0 Å². The van der Waals surface area contributed by atoms with Crippen LogP contribution in [0.2, 0.25) is 0 Å². The number of amides is 1. The minimum atomic E-state index is -0.998. The zero-order valence-electron chi connectivity index (χ0n) is 24.7. The Morgan fingerprint density at radius 1 is 1.00 bits per heavy atom. The van der Waals surface area contributed by atoms with Crippen molar-refractivity contribution in [3.05, 3.63) is 78.2 Å². The lowest BCUT2D eigenvalue weighted by atomic mass is 9.70. The molecule has 0 radical (unpaired) electrons. The van der Waals surface area contributed by atoms with Gasteiger partial charge < -0.3 is 14.4 Å². The Morgan fingerprint density at radius 2 is 1.68 bits per heavy atom. The first kappa shape index (κ1) is 28.3. The smallest absolute Gasteiger partial charge is 0.408 e. The van der Waals surface area contributed by atoms with E-state index in [4.69, 9.17) is 14.2 Å². The molecule has 3 aromatic heterocycles. The first-order chi connectivity index (χ1) is 19.4. The molecule has 41 heavy (non-hydrogen) atoms. The summed E-state index contributed by atoms with van der Waals surface area (Å²) in [5.74, 6) is 1.70. The topological polar surface area (TPSA) is 114 Å². The van der Waals surface area contributed by atoms with Gasteiger partial charge in [0.1, 0.15) is 11.3 Å². The summed E-state index contributed by atoms with van der Waals surface area (Å²) in [5, 5.41) is 14.1. The monoisotopic (exact) mass is 555 g/mol. The maximum atomic E-state index is 12.1. The molecule has 1 fully saturated rings. The average molecular weight is 556 g/mol. The van der Waals surface area contributed by atoms with Crippen molar-refractivity contribution in [2.45, 2.75) is 70.9 Å². The number of hydrogen-bond donors (Lipinski definition) is 1. The number of benzene rings is 1. The summed E-state index contributed by atoms with van der Waals surface area (Å²) in [5.41, 5.74) is 3.11. The number of methoxy groups -OCH3 is 1. The highest BCUT2D eigenvalue weighted by Crippen LogP contribution is 2.53. The van der Waals surface area contributed by atoms with Gasteiger partial charge in [-0.25, -0.2) is 4.79 Å². The predicted molar refractivity (Wildman–Crippen MR) is 156 cm³/mol. The lowest BCUT2D eigenvalue weighted by Gasteiger charge is -2.38. The average Bonchev–Trinajstić information content (AvgIpc) is 3.56. The molecule has 9 nitrogen and oxygen atoms in total. The second-order valence-electron chi connectivity index (χ2n) is 12.2. The summed E-state index contributed by atoms with van der Waals surface area (Å²) in [6.45, 7) is 12.2. The molecule has 0 bridgehead atoms. The second-order valence-corrected chi connectivity index (χ2v) is 12.2. The van der Waals surface area contributed by atoms with Crippen LogP contribution in [0.15, 0.2) is 65.6 Å². The van der Waals surface area contributed by atoms with Crippen LogP contribution in [-0.2, 0) is 11.0 Å². The zero-order chi connectivity index (χ0) is 29.6. The fourth-order valence-corrected chi connectivity index (χ4v) is 5.60. The lowest BCUT2D eigenvalue weighted by Crippen LogP contribution is -2.51. The molecule has 1 aliphatic rings. The fourth-order valence-electron chi connectivity index (χ4n) is 5.60. The highest BCUT2D eigenvalue weighted by molar-refractivity contribution is 5.68. The van der Waals surface area contributed by atoms with Crippen molar-refractivity contribution < 1.29 is 19.2 Å². The van der Waals surface area contributed by atoms with Crippen LogP contribution < -0.4 is 4.74 Å². The first-order valence-electron chi connectivity index (χ1n) is 13.8. The summed E-state index contributed by atoms with van der Waals surface area (Å²) >= 11 is 0. The van der Waals surface area contributed by atoms with Gasteiger partial charge in [-0.2, -0.15) is 4.98 Å². The Labute approximate surface area is 240 Å². The summed E-state index contributed by atoms with van der Waals surface area (Å²) in [7, 11) is 1.64. The van der Waals surface area contributed by atoms with Gasteiger partial charge in [-0.3, -0.25) is 14.9 Å². The van der Waals surface area contributed by atoms with Crippen molar-refractivity contribution in [3.63, 3.8) is 0 Å². The third-order valence-electron chi connectivity index (χ3n) is 8.31. The number of rotatable bonds is 8. The summed E-state index contributed by atoms with van der Waals surface area (Å²) in [4.78, 5) is 27.3. The van der Waals surface area contributed by atoms with Crippen molar-refractivity contribution in [2.24, 2.45) is 5.92 Å². The highest BCUT2D eigenvalue weighted by Gasteiger charge is 2.59. The van der Waals surface area contributed by atoms with Crippen LogP contribution in [0.3, 0.4) is 0 Å². The summed E-state index contributed by atoms with van der Waals surface area (Å²) in [6, 6.07) is 14.4. The maximum Gasteiger partial charge on any atom is 0.408 e. The van der Waals surface area contributed by atoms with Crippen LogP contribution in [0.4, 0.5) is 4.79 Å². The van der Waals surface area contributed by atoms with E-state index in [0.717, 1.165) is 28.1 Å². The van der Waals surface area contributed by atoms with E-state index in [2.05, 4.69) is 60.2 Å². The van der Waals surface area contributed by atoms with Gasteiger partial charge in [0, 0.05) is 34.5 Å². The van der Waals surface area contributed by atoms with E-state index in [1.165, 1.54) is 4.90 Å². The van der Waals surface area contributed by atoms with Gasteiger partial charge in [0.2, 0.25) is 5.82 Å². The second kappa shape index (κ2) is 10.3. The van der Waals surface area contributed by atoms with Crippen molar-refractivity contribution in [1.82, 2.24) is 25.0 Å². The van der Waals surface area contributed by atoms with Crippen LogP contribution in [0.5, 0.6) is 5.75 Å². The number of pyridine rings is 2. The van der Waals surface area contributed by atoms with Gasteiger partial charge in [-0.15, -0.1) is 0 Å². The van der Waals surface area contributed by atoms with Gasteiger partial charge in [-0.1, -0.05) is 43.3 Å². The van der Waals surface area contributed by atoms with Crippen molar-refractivity contribution in [2.75, 3.05) is 7.11 Å². The van der Waals surface area contributed by atoms with Gasteiger partial charge >= 0.3 is 6.09 Å². The maximum absolute atomic E-state index is 12.1. The Balaban J connectivity index is 1.42. The van der Waals surface area contributed by atoms with E-state index >= 15 is 0 Å². The number of carbonyl (C=O) groups is 1. The number of aromatic nitrogens is 4. The van der Waals surface area contributed by atoms with Crippen LogP contribution in [0, 0.1) is 5.92 Å². The van der Waals surface area contributed by atoms with Gasteiger partial charge in [-0.05, 0) is 75.8 Å². The molecule has 9 heteroatoms. The molecule has 1 aromatic carbocycles. The predicted octanol–water partition coefficient (Wildman–Crippen LogP) is 6.93. The molecule has 1 saturated carbocycles.